The average molecular weight is 455 g/mol. The molecule has 0 spiro atoms. The first-order valence-electron chi connectivity index (χ1n) is 11.7. The first-order chi connectivity index (χ1) is 16.2. The van der Waals surface area contributed by atoms with Crippen LogP contribution >= 0.6 is 0 Å². The second-order valence-corrected chi connectivity index (χ2v) is 8.99. The van der Waals surface area contributed by atoms with Crippen LogP contribution in [0, 0.1) is 5.92 Å². The summed E-state index contributed by atoms with van der Waals surface area (Å²) in [6.07, 6.45) is 9.63. The second-order valence-electron chi connectivity index (χ2n) is 8.99. The van der Waals surface area contributed by atoms with Crippen molar-refractivity contribution in [1.82, 2.24) is 29.4 Å². The number of alkyl halides is 1. The van der Waals surface area contributed by atoms with Crippen molar-refractivity contribution in [2.75, 3.05) is 40.5 Å². The number of piperidine rings is 1. The van der Waals surface area contributed by atoms with Crippen LogP contribution in [0.15, 0.2) is 24.7 Å². The van der Waals surface area contributed by atoms with Crippen molar-refractivity contribution in [3.05, 3.63) is 41.5 Å². The third-order valence-electron chi connectivity index (χ3n) is 6.75. The number of ether oxygens (including phenoxy) is 2. The van der Waals surface area contributed by atoms with E-state index in [0.717, 1.165) is 55.1 Å². The Morgan fingerprint density at radius 2 is 2.00 bits per heavy atom. The standard InChI is InChI=1S/C24H31FN6O2/c1-29-7-3-17(4-8-29)15-30-16-19(13-27-30)23-21-5-9-33-10-6-22(21)31(28-23)20-11-18(12-25)24(32-2)26-14-20/h11,13-14,16-17H,3-10,12,15H2,1-2H3. The second kappa shape index (κ2) is 9.61. The predicted molar refractivity (Wildman–Crippen MR) is 122 cm³/mol. The smallest absolute Gasteiger partial charge is 0.219 e. The van der Waals surface area contributed by atoms with E-state index in [1.807, 2.05) is 10.9 Å². The third-order valence-corrected chi connectivity index (χ3v) is 6.75. The number of pyridine rings is 1. The highest BCUT2D eigenvalue weighted by molar-refractivity contribution is 5.64. The maximum Gasteiger partial charge on any atom is 0.219 e. The molecule has 1 saturated heterocycles. The third kappa shape index (κ3) is 4.52. The number of rotatable bonds is 6. The van der Waals surface area contributed by atoms with E-state index in [0.29, 0.717) is 30.6 Å². The molecule has 176 valence electrons. The van der Waals surface area contributed by atoms with Gasteiger partial charge in [-0.25, -0.2) is 14.1 Å². The summed E-state index contributed by atoms with van der Waals surface area (Å²) in [5.41, 5.74) is 5.32. The maximum atomic E-state index is 13.6. The van der Waals surface area contributed by atoms with Crippen molar-refractivity contribution in [3.8, 4) is 22.8 Å². The number of nitrogens with zero attached hydrogens (tertiary/aromatic N) is 6. The minimum Gasteiger partial charge on any atom is -0.481 e. The van der Waals surface area contributed by atoms with Gasteiger partial charge < -0.3 is 14.4 Å². The molecular weight excluding hydrogens is 423 g/mol. The lowest BCUT2D eigenvalue weighted by molar-refractivity contribution is 0.145. The van der Waals surface area contributed by atoms with Crippen molar-refractivity contribution < 1.29 is 13.9 Å². The van der Waals surface area contributed by atoms with Crippen LogP contribution in [0.4, 0.5) is 4.39 Å². The molecule has 0 N–H and O–H groups in total. The van der Waals surface area contributed by atoms with Crippen LogP contribution in [0.5, 0.6) is 5.88 Å². The number of likely N-dealkylation sites (tertiary alicyclic amines) is 1. The first-order valence-corrected chi connectivity index (χ1v) is 11.7. The molecule has 3 aromatic rings. The zero-order valence-corrected chi connectivity index (χ0v) is 19.3. The van der Waals surface area contributed by atoms with E-state index in [1.54, 1.807) is 12.3 Å². The molecule has 0 bridgehead atoms. The van der Waals surface area contributed by atoms with Crippen molar-refractivity contribution in [2.45, 2.75) is 38.9 Å². The van der Waals surface area contributed by atoms with Gasteiger partial charge in [-0.3, -0.25) is 4.68 Å². The summed E-state index contributed by atoms with van der Waals surface area (Å²) >= 11 is 0. The van der Waals surface area contributed by atoms with Crippen LogP contribution in [0.1, 0.15) is 29.7 Å². The summed E-state index contributed by atoms with van der Waals surface area (Å²) in [4.78, 5) is 6.69. The molecule has 2 aliphatic heterocycles. The van der Waals surface area contributed by atoms with Crippen molar-refractivity contribution >= 4 is 0 Å². The van der Waals surface area contributed by atoms with Crippen molar-refractivity contribution in [2.24, 2.45) is 5.92 Å². The van der Waals surface area contributed by atoms with E-state index in [-0.39, 0.29) is 0 Å². The molecule has 2 aliphatic rings. The Balaban J connectivity index is 1.48. The van der Waals surface area contributed by atoms with Gasteiger partial charge in [0.1, 0.15) is 6.67 Å². The summed E-state index contributed by atoms with van der Waals surface area (Å²) in [6, 6.07) is 1.76. The summed E-state index contributed by atoms with van der Waals surface area (Å²) in [7, 11) is 3.68. The van der Waals surface area contributed by atoms with E-state index in [9.17, 15) is 4.39 Å². The minimum absolute atomic E-state index is 0.304. The Labute approximate surface area is 193 Å². The first kappa shape index (κ1) is 22.0. The van der Waals surface area contributed by atoms with Gasteiger partial charge in [-0.1, -0.05) is 0 Å². The zero-order valence-electron chi connectivity index (χ0n) is 19.3. The van der Waals surface area contributed by atoms with Gasteiger partial charge in [-0.15, -0.1) is 0 Å². The lowest BCUT2D eigenvalue weighted by atomic mass is 9.97. The van der Waals surface area contributed by atoms with Gasteiger partial charge >= 0.3 is 0 Å². The normalized spacial score (nSPS) is 17.7. The minimum atomic E-state index is -0.646. The number of hydrogen-bond donors (Lipinski definition) is 0. The summed E-state index contributed by atoms with van der Waals surface area (Å²) in [6.45, 7) is 3.87. The Morgan fingerprint density at radius 1 is 1.18 bits per heavy atom. The molecule has 0 unspecified atom stereocenters. The molecule has 0 aliphatic carbocycles. The number of fused-ring (bicyclic) bond motifs is 1. The van der Waals surface area contributed by atoms with Gasteiger partial charge in [0.05, 0.1) is 49.8 Å². The molecule has 8 nitrogen and oxygen atoms in total. The van der Waals surface area contributed by atoms with Crippen LogP contribution in [-0.4, -0.2) is 69.9 Å². The molecule has 1 fully saturated rings. The summed E-state index contributed by atoms with van der Waals surface area (Å²) < 4.78 is 28.5. The van der Waals surface area contributed by atoms with Crippen LogP contribution in [0.3, 0.4) is 0 Å². The van der Waals surface area contributed by atoms with E-state index in [2.05, 4.69) is 32.9 Å². The lowest BCUT2D eigenvalue weighted by Crippen LogP contribution is -2.31. The zero-order chi connectivity index (χ0) is 22.8. The summed E-state index contributed by atoms with van der Waals surface area (Å²) in [5.74, 6) is 0.958. The van der Waals surface area contributed by atoms with E-state index in [4.69, 9.17) is 14.6 Å². The molecule has 9 heteroatoms. The van der Waals surface area contributed by atoms with Crippen molar-refractivity contribution in [1.29, 1.82) is 0 Å². The molecule has 0 aromatic carbocycles. The van der Waals surface area contributed by atoms with E-state index >= 15 is 0 Å². The molecular formula is C24H31FN6O2. The van der Waals surface area contributed by atoms with Crippen LogP contribution in [0.2, 0.25) is 0 Å². The fourth-order valence-corrected chi connectivity index (χ4v) is 4.87. The molecule has 0 atom stereocenters. The number of halogens is 1. The Kier molecular flexibility index (Phi) is 6.41. The van der Waals surface area contributed by atoms with Crippen LogP contribution in [-0.2, 0) is 30.8 Å². The molecule has 0 radical (unpaired) electrons. The number of hydrogen-bond acceptors (Lipinski definition) is 6. The summed E-state index contributed by atoms with van der Waals surface area (Å²) in [5, 5.41) is 9.63. The highest BCUT2D eigenvalue weighted by Crippen LogP contribution is 2.31. The molecule has 5 rings (SSSR count). The van der Waals surface area contributed by atoms with Gasteiger partial charge in [-0.2, -0.15) is 10.2 Å². The molecule has 3 aromatic heterocycles. The number of methoxy groups -OCH3 is 1. The fraction of sp³-hybridized carbons (Fsp3) is 0.542. The van der Waals surface area contributed by atoms with Crippen LogP contribution in [0.25, 0.3) is 16.9 Å². The Morgan fingerprint density at radius 3 is 2.79 bits per heavy atom. The topological polar surface area (TPSA) is 70.2 Å². The SMILES string of the molecule is COc1ncc(-n2nc(-c3cnn(CC4CCN(C)CC4)c3)c3c2CCOCC3)cc1CF. The van der Waals surface area contributed by atoms with Gasteiger partial charge in [0.2, 0.25) is 5.88 Å². The van der Waals surface area contributed by atoms with Gasteiger partial charge in [0.15, 0.2) is 0 Å². The Hall–Kier alpha value is -2.78. The molecule has 0 amide bonds. The monoisotopic (exact) mass is 454 g/mol. The highest BCUT2D eigenvalue weighted by Gasteiger charge is 2.24. The predicted octanol–water partition coefficient (Wildman–Crippen LogP) is 3.07. The largest absolute Gasteiger partial charge is 0.481 e. The molecule has 5 heterocycles. The van der Waals surface area contributed by atoms with Gasteiger partial charge in [0, 0.05) is 35.9 Å². The van der Waals surface area contributed by atoms with Crippen molar-refractivity contribution in [3.63, 3.8) is 0 Å². The van der Waals surface area contributed by atoms with E-state index < -0.39 is 6.67 Å². The van der Waals surface area contributed by atoms with Gasteiger partial charge in [-0.05, 0) is 51.4 Å². The lowest BCUT2D eigenvalue weighted by Gasteiger charge is -2.28. The molecule has 33 heavy (non-hydrogen) atoms. The quantitative estimate of drug-likeness (QED) is 0.570. The van der Waals surface area contributed by atoms with Crippen LogP contribution < -0.4 is 4.74 Å². The van der Waals surface area contributed by atoms with Gasteiger partial charge in [0.25, 0.3) is 0 Å². The number of aromatic nitrogens is 5. The average Bonchev–Trinajstić information content (AvgIpc) is 3.36. The van der Waals surface area contributed by atoms with E-state index in [1.165, 1.54) is 25.5 Å². The Bertz CT molecular complexity index is 1100. The fourth-order valence-electron chi connectivity index (χ4n) is 4.87. The molecule has 0 saturated carbocycles. The maximum absolute atomic E-state index is 13.6. The highest BCUT2D eigenvalue weighted by atomic mass is 19.1.